The molecule has 2 aromatic rings. The summed E-state index contributed by atoms with van der Waals surface area (Å²) >= 11 is 0. The van der Waals surface area contributed by atoms with Crippen molar-refractivity contribution in [2.45, 2.75) is 38.3 Å². The SMILES string of the molecule is COc1cc2c(cc1OCCCC(=O)OCc1ccccc1)NC(=O)[C@@H]1CCCN1C2=O. The molecule has 168 valence electrons. The number of hydrogen-bond donors (Lipinski definition) is 1. The molecule has 2 heterocycles. The molecule has 8 heteroatoms. The normalized spacial score (nSPS) is 17.2. The molecule has 4 rings (SSSR count). The summed E-state index contributed by atoms with van der Waals surface area (Å²) in [6.07, 6.45) is 2.14. The van der Waals surface area contributed by atoms with E-state index in [0.717, 1.165) is 12.0 Å². The van der Waals surface area contributed by atoms with Crippen molar-refractivity contribution in [3.8, 4) is 11.5 Å². The van der Waals surface area contributed by atoms with E-state index < -0.39 is 6.04 Å². The Hall–Kier alpha value is -3.55. The number of carbonyl (C=O) groups is 3. The van der Waals surface area contributed by atoms with Gasteiger partial charge in [-0.05, 0) is 30.9 Å². The van der Waals surface area contributed by atoms with E-state index in [9.17, 15) is 14.4 Å². The standard InChI is InChI=1S/C24H26N2O6/c1-30-20-13-17-18(25-23(28)19-9-5-11-26(19)24(17)29)14-21(20)31-12-6-10-22(27)32-15-16-7-3-2-4-8-16/h2-4,7-8,13-14,19H,5-6,9-12,15H2,1H3,(H,25,28)/t19-/m0/s1. The van der Waals surface area contributed by atoms with Gasteiger partial charge >= 0.3 is 5.97 Å². The molecule has 0 aromatic heterocycles. The molecule has 2 amide bonds. The molecule has 1 atom stereocenters. The topological polar surface area (TPSA) is 94.2 Å². The Bertz CT molecular complexity index is 1010. The van der Waals surface area contributed by atoms with Gasteiger partial charge in [-0.2, -0.15) is 0 Å². The number of amides is 2. The first-order valence-corrected chi connectivity index (χ1v) is 10.7. The molecule has 2 aliphatic rings. The predicted octanol–water partition coefficient (Wildman–Crippen LogP) is 3.15. The van der Waals surface area contributed by atoms with Crippen molar-refractivity contribution in [2.75, 3.05) is 25.6 Å². The van der Waals surface area contributed by atoms with E-state index in [1.165, 1.54) is 7.11 Å². The van der Waals surface area contributed by atoms with E-state index in [-0.39, 0.29) is 37.4 Å². The highest BCUT2D eigenvalue weighted by atomic mass is 16.5. The fourth-order valence-electron chi connectivity index (χ4n) is 3.97. The van der Waals surface area contributed by atoms with Crippen LogP contribution in [0.4, 0.5) is 5.69 Å². The summed E-state index contributed by atoms with van der Waals surface area (Å²) in [6, 6.07) is 12.3. The monoisotopic (exact) mass is 438 g/mol. The van der Waals surface area contributed by atoms with Gasteiger partial charge in [0.05, 0.1) is 25.0 Å². The number of methoxy groups -OCH3 is 1. The fourth-order valence-corrected chi connectivity index (χ4v) is 3.97. The van der Waals surface area contributed by atoms with Gasteiger partial charge in [0.15, 0.2) is 11.5 Å². The molecule has 8 nitrogen and oxygen atoms in total. The van der Waals surface area contributed by atoms with Gasteiger partial charge in [0, 0.05) is 19.0 Å². The number of fused-ring (bicyclic) bond motifs is 2. The van der Waals surface area contributed by atoms with Crippen LogP contribution in [-0.4, -0.2) is 49.0 Å². The van der Waals surface area contributed by atoms with Crippen LogP contribution in [0, 0.1) is 0 Å². The van der Waals surface area contributed by atoms with Crippen molar-refractivity contribution < 1.29 is 28.6 Å². The van der Waals surface area contributed by atoms with Crippen LogP contribution in [0.15, 0.2) is 42.5 Å². The highest BCUT2D eigenvalue weighted by molar-refractivity contribution is 6.10. The summed E-state index contributed by atoms with van der Waals surface area (Å²) in [5, 5.41) is 2.85. The summed E-state index contributed by atoms with van der Waals surface area (Å²) in [5.41, 5.74) is 1.73. The maximum absolute atomic E-state index is 12.9. The number of benzene rings is 2. The lowest BCUT2D eigenvalue weighted by atomic mass is 10.1. The second kappa shape index (κ2) is 9.72. The Balaban J connectivity index is 1.35. The zero-order chi connectivity index (χ0) is 22.5. The van der Waals surface area contributed by atoms with Gasteiger partial charge in [-0.1, -0.05) is 30.3 Å². The van der Waals surface area contributed by atoms with Crippen LogP contribution in [0.3, 0.4) is 0 Å². The van der Waals surface area contributed by atoms with Gasteiger partial charge in [-0.15, -0.1) is 0 Å². The number of esters is 1. The fraction of sp³-hybridized carbons (Fsp3) is 0.375. The minimum absolute atomic E-state index is 0.188. The molecular weight excluding hydrogens is 412 g/mol. The highest BCUT2D eigenvalue weighted by Gasteiger charge is 2.39. The first kappa shape index (κ1) is 21.7. The lowest BCUT2D eigenvalue weighted by molar-refractivity contribution is -0.145. The molecule has 0 bridgehead atoms. The van der Waals surface area contributed by atoms with Crippen molar-refractivity contribution >= 4 is 23.5 Å². The minimum Gasteiger partial charge on any atom is -0.493 e. The van der Waals surface area contributed by atoms with Gasteiger partial charge in [0.1, 0.15) is 12.6 Å². The van der Waals surface area contributed by atoms with Gasteiger partial charge in [-0.3, -0.25) is 14.4 Å². The third-order valence-corrected chi connectivity index (χ3v) is 5.63. The number of hydrogen-bond acceptors (Lipinski definition) is 6. The Kier molecular flexibility index (Phi) is 6.58. The number of rotatable bonds is 8. The Morgan fingerprint density at radius 3 is 2.75 bits per heavy atom. The summed E-state index contributed by atoms with van der Waals surface area (Å²) in [6.45, 7) is 1.06. The van der Waals surface area contributed by atoms with Crippen molar-refractivity contribution in [2.24, 2.45) is 0 Å². The molecule has 32 heavy (non-hydrogen) atoms. The Morgan fingerprint density at radius 2 is 1.97 bits per heavy atom. The van der Waals surface area contributed by atoms with Gasteiger partial charge in [0.2, 0.25) is 5.91 Å². The van der Waals surface area contributed by atoms with Crippen molar-refractivity contribution in [1.82, 2.24) is 4.90 Å². The van der Waals surface area contributed by atoms with E-state index in [4.69, 9.17) is 14.2 Å². The van der Waals surface area contributed by atoms with Gasteiger partial charge < -0.3 is 24.4 Å². The summed E-state index contributed by atoms with van der Waals surface area (Å²) in [5.74, 6) is 0.123. The van der Waals surface area contributed by atoms with Crippen molar-refractivity contribution in [1.29, 1.82) is 0 Å². The molecule has 2 aromatic carbocycles. The zero-order valence-corrected chi connectivity index (χ0v) is 18.0. The lowest BCUT2D eigenvalue weighted by Crippen LogP contribution is -2.40. The Labute approximate surface area is 186 Å². The smallest absolute Gasteiger partial charge is 0.306 e. The van der Waals surface area contributed by atoms with E-state index in [1.54, 1.807) is 17.0 Å². The quantitative estimate of drug-likeness (QED) is 0.503. The van der Waals surface area contributed by atoms with Crippen molar-refractivity contribution in [3.05, 3.63) is 53.6 Å². The molecule has 1 N–H and O–H groups in total. The van der Waals surface area contributed by atoms with Crippen molar-refractivity contribution in [3.63, 3.8) is 0 Å². The number of nitrogens with zero attached hydrogens (tertiary/aromatic N) is 1. The van der Waals surface area contributed by atoms with E-state index >= 15 is 0 Å². The van der Waals surface area contributed by atoms with Crippen LogP contribution in [0.25, 0.3) is 0 Å². The molecule has 1 saturated heterocycles. The average Bonchev–Trinajstić information content (AvgIpc) is 3.28. The molecule has 0 unspecified atom stereocenters. The second-order valence-electron chi connectivity index (χ2n) is 7.79. The maximum Gasteiger partial charge on any atom is 0.306 e. The molecule has 0 saturated carbocycles. The van der Waals surface area contributed by atoms with Gasteiger partial charge in [-0.25, -0.2) is 0 Å². The average molecular weight is 438 g/mol. The van der Waals surface area contributed by atoms with Crippen LogP contribution in [0.2, 0.25) is 0 Å². The number of ether oxygens (including phenoxy) is 3. The van der Waals surface area contributed by atoms with Gasteiger partial charge in [0.25, 0.3) is 5.91 Å². The van der Waals surface area contributed by atoms with Crippen LogP contribution in [0.1, 0.15) is 41.6 Å². The third kappa shape index (κ3) is 4.69. The molecule has 0 aliphatic carbocycles. The molecule has 0 radical (unpaired) electrons. The summed E-state index contributed by atoms with van der Waals surface area (Å²) in [4.78, 5) is 39.0. The second-order valence-corrected chi connectivity index (χ2v) is 7.79. The van der Waals surface area contributed by atoms with E-state index in [1.807, 2.05) is 30.3 Å². The largest absolute Gasteiger partial charge is 0.493 e. The Morgan fingerprint density at radius 1 is 1.16 bits per heavy atom. The highest BCUT2D eigenvalue weighted by Crippen LogP contribution is 2.37. The minimum atomic E-state index is -0.438. The lowest BCUT2D eigenvalue weighted by Gasteiger charge is -2.20. The zero-order valence-electron chi connectivity index (χ0n) is 18.0. The maximum atomic E-state index is 12.9. The summed E-state index contributed by atoms with van der Waals surface area (Å²) < 4.78 is 16.5. The van der Waals surface area contributed by atoms with E-state index in [0.29, 0.717) is 42.1 Å². The third-order valence-electron chi connectivity index (χ3n) is 5.63. The number of carbonyl (C=O) groups excluding carboxylic acids is 3. The molecular formula is C24H26N2O6. The number of anilines is 1. The predicted molar refractivity (Wildman–Crippen MR) is 117 cm³/mol. The molecule has 0 spiro atoms. The van der Waals surface area contributed by atoms with E-state index in [2.05, 4.69) is 5.32 Å². The molecule has 2 aliphatic heterocycles. The van der Waals surface area contributed by atoms with Crippen LogP contribution in [-0.2, 0) is 20.9 Å². The first-order chi connectivity index (χ1) is 15.6. The van der Waals surface area contributed by atoms with Crippen LogP contribution >= 0.6 is 0 Å². The van der Waals surface area contributed by atoms with Crippen LogP contribution < -0.4 is 14.8 Å². The number of nitrogens with one attached hydrogen (secondary N) is 1. The first-order valence-electron chi connectivity index (χ1n) is 10.7. The van der Waals surface area contributed by atoms with Crippen LogP contribution in [0.5, 0.6) is 11.5 Å². The molecule has 1 fully saturated rings. The summed E-state index contributed by atoms with van der Waals surface area (Å²) in [7, 11) is 1.49.